The summed E-state index contributed by atoms with van der Waals surface area (Å²) < 4.78 is 0. The van der Waals surface area contributed by atoms with Crippen LogP contribution in [0.3, 0.4) is 0 Å². The van der Waals surface area contributed by atoms with E-state index >= 15 is 0 Å². The quantitative estimate of drug-likeness (QED) is 0.547. The first-order valence-corrected chi connectivity index (χ1v) is 5.66. The molecule has 4 nitrogen and oxygen atoms in total. The average molecular weight is 289 g/mol. The summed E-state index contributed by atoms with van der Waals surface area (Å²) in [5.41, 5.74) is 0.882. The van der Waals surface area contributed by atoms with E-state index in [1.54, 1.807) is 0 Å². The van der Waals surface area contributed by atoms with Crippen LogP contribution >= 0.6 is 35.4 Å². The van der Waals surface area contributed by atoms with Crippen molar-refractivity contribution in [3.8, 4) is 5.75 Å². The fraction of sp³-hybridized carbons (Fsp3) is 0. The van der Waals surface area contributed by atoms with E-state index in [0.29, 0.717) is 11.3 Å². The van der Waals surface area contributed by atoms with Crippen LogP contribution in [0.15, 0.2) is 17.8 Å². The Morgan fingerprint density at radius 2 is 1.82 bits per heavy atom. The van der Waals surface area contributed by atoms with Crippen LogP contribution in [0.2, 0.25) is 10.0 Å². The number of benzene rings is 1. The molecule has 0 radical (unpaired) electrons. The molecule has 7 heteroatoms. The molecule has 0 saturated carbocycles. The van der Waals surface area contributed by atoms with Crippen molar-refractivity contribution in [3.63, 3.8) is 0 Å². The normalized spacial score (nSPS) is 17.2. The van der Waals surface area contributed by atoms with Crippen LogP contribution in [-0.2, 0) is 4.79 Å². The highest BCUT2D eigenvalue weighted by atomic mass is 35.5. The number of aromatic hydroxyl groups is 1. The minimum Gasteiger partial charge on any atom is -0.505 e. The van der Waals surface area contributed by atoms with Gasteiger partial charge in [-0.2, -0.15) is 0 Å². The van der Waals surface area contributed by atoms with E-state index < -0.39 is 0 Å². The summed E-state index contributed by atoms with van der Waals surface area (Å²) in [7, 11) is 0. The number of rotatable bonds is 1. The summed E-state index contributed by atoms with van der Waals surface area (Å²) in [6.07, 6.45) is 1.53. The Labute approximate surface area is 112 Å². The van der Waals surface area contributed by atoms with Gasteiger partial charge in [0.1, 0.15) is 5.70 Å². The molecule has 3 N–H and O–H groups in total. The van der Waals surface area contributed by atoms with Crippen LogP contribution in [0, 0.1) is 0 Å². The van der Waals surface area contributed by atoms with Crippen LogP contribution < -0.4 is 10.6 Å². The van der Waals surface area contributed by atoms with Gasteiger partial charge in [0.05, 0.1) is 10.0 Å². The van der Waals surface area contributed by atoms with Gasteiger partial charge in [-0.1, -0.05) is 23.2 Å². The zero-order valence-corrected chi connectivity index (χ0v) is 10.6. The number of thiocarbonyl (C=S) groups is 1. The van der Waals surface area contributed by atoms with Gasteiger partial charge in [-0.3, -0.25) is 10.1 Å². The molecule has 0 bridgehead atoms. The van der Waals surface area contributed by atoms with Crippen molar-refractivity contribution in [2.24, 2.45) is 0 Å². The average Bonchev–Trinajstić information content (AvgIpc) is 2.54. The van der Waals surface area contributed by atoms with Crippen molar-refractivity contribution in [2.75, 3.05) is 0 Å². The van der Waals surface area contributed by atoms with Gasteiger partial charge in [0.15, 0.2) is 10.9 Å². The number of hydrogen-bond acceptors (Lipinski definition) is 3. The Morgan fingerprint density at radius 3 is 2.29 bits per heavy atom. The number of carbonyl (C=O) groups excluding carboxylic acids is 1. The third-order valence-electron chi connectivity index (χ3n) is 2.07. The lowest BCUT2D eigenvalue weighted by atomic mass is 10.2. The number of phenols is 1. The van der Waals surface area contributed by atoms with Crippen LogP contribution in [0.4, 0.5) is 0 Å². The Kier molecular flexibility index (Phi) is 3.24. The number of nitrogens with one attached hydrogen (secondary N) is 2. The lowest BCUT2D eigenvalue weighted by molar-refractivity contribution is -0.115. The van der Waals surface area contributed by atoms with E-state index in [2.05, 4.69) is 10.6 Å². The lowest BCUT2D eigenvalue weighted by Gasteiger charge is -2.02. The third-order valence-corrected chi connectivity index (χ3v) is 2.85. The van der Waals surface area contributed by atoms with E-state index in [9.17, 15) is 9.90 Å². The van der Waals surface area contributed by atoms with Crippen molar-refractivity contribution in [3.05, 3.63) is 33.4 Å². The smallest absolute Gasteiger partial charge is 0.273 e. The Balaban J connectivity index is 2.40. The Bertz CT molecular complexity index is 534. The topological polar surface area (TPSA) is 61.4 Å². The first kappa shape index (κ1) is 12.2. The second kappa shape index (κ2) is 4.52. The van der Waals surface area contributed by atoms with E-state index in [4.69, 9.17) is 35.4 Å². The van der Waals surface area contributed by atoms with Gasteiger partial charge in [0.2, 0.25) is 0 Å². The number of amides is 1. The van der Waals surface area contributed by atoms with Crippen molar-refractivity contribution in [2.45, 2.75) is 0 Å². The number of carbonyl (C=O) groups is 1. The van der Waals surface area contributed by atoms with Gasteiger partial charge in [-0.05, 0) is 36.0 Å². The SMILES string of the molecule is O=C1NC(=S)NC1=Cc1cc(Cl)c(O)c(Cl)c1. The molecular weight excluding hydrogens is 283 g/mol. The van der Waals surface area contributed by atoms with Crippen molar-refractivity contribution >= 4 is 52.5 Å². The standard InChI is InChI=1S/C10H6Cl2N2O2S/c11-5-1-4(2-6(12)8(5)15)3-7-9(16)14-10(17)13-7/h1-3,15H,(H2,13,14,16,17). The first-order valence-electron chi connectivity index (χ1n) is 4.49. The Hall–Kier alpha value is -1.30. The predicted octanol–water partition coefficient (Wildman–Crippen LogP) is 2.04. The number of halogens is 2. The van der Waals surface area contributed by atoms with Crippen molar-refractivity contribution in [1.29, 1.82) is 0 Å². The molecular formula is C10H6Cl2N2O2S. The van der Waals surface area contributed by atoms with Crippen LogP contribution in [0.25, 0.3) is 6.08 Å². The second-order valence-corrected chi connectivity index (χ2v) is 4.52. The van der Waals surface area contributed by atoms with E-state index in [1.807, 2.05) is 0 Å². The highest BCUT2D eigenvalue weighted by Gasteiger charge is 2.20. The van der Waals surface area contributed by atoms with Crippen LogP contribution in [-0.4, -0.2) is 16.1 Å². The molecule has 0 spiro atoms. The third kappa shape index (κ3) is 2.52. The molecule has 1 saturated heterocycles. The molecule has 1 aromatic carbocycles. The molecule has 1 fully saturated rings. The van der Waals surface area contributed by atoms with Gasteiger partial charge in [0, 0.05) is 0 Å². The molecule has 0 aliphatic carbocycles. The molecule has 1 aliphatic rings. The molecule has 1 aliphatic heterocycles. The Morgan fingerprint density at radius 1 is 1.24 bits per heavy atom. The molecule has 1 amide bonds. The highest BCUT2D eigenvalue weighted by molar-refractivity contribution is 7.80. The summed E-state index contributed by atoms with van der Waals surface area (Å²) in [5.74, 6) is -0.509. The minimum absolute atomic E-state index is 0.116. The van der Waals surface area contributed by atoms with Gasteiger partial charge < -0.3 is 10.4 Å². The summed E-state index contributed by atoms with van der Waals surface area (Å²) >= 11 is 16.3. The molecule has 1 heterocycles. The molecule has 0 unspecified atom stereocenters. The minimum atomic E-state index is -0.324. The summed E-state index contributed by atoms with van der Waals surface area (Å²) in [6, 6.07) is 2.98. The summed E-state index contributed by atoms with van der Waals surface area (Å²) in [4.78, 5) is 11.4. The van der Waals surface area contributed by atoms with Crippen LogP contribution in [0.5, 0.6) is 5.75 Å². The zero-order chi connectivity index (χ0) is 12.6. The molecule has 1 aromatic rings. The van der Waals surface area contributed by atoms with Gasteiger partial charge in [-0.25, -0.2) is 0 Å². The fourth-order valence-corrected chi connectivity index (χ4v) is 2.02. The largest absolute Gasteiger partial charge is 0.505 e. The van der Waals surface area contributed by atoms with Gasteiger partial charge in [-0.15, -0.1) is 0 Å². The predicted molar refractivity (Wildman–Crippen MR) is 70.0 cm³/mol. The fourth-order valence-electron chi connectivity index (χ4n) is 1.32. The summed E-state index contributed by atoms with van der Waals surface area (Å²) in [6.45, 7) is 0. The second-order valence-electron chi connectivity index (χ2n) is 3.30. The van der Waals surface area contributed by atoms with Crippen molar-refractivity contribution in [1.82, 2.24) is 10.6 Å². The zero-order valence-electron chi connectivity index (χ0n) is 8.25. The van der Waals surface area contributed by atoms with E-state index in [-0.39, 0.29) is 26.8 Å². The first-order chi connectivity index (χ1) is 7.97. The molecule has 17 heavy (non-hydrogen) atoms. The monoisotopic (exact) mass is 288 g/mol. The molecule has 0 aromatic heterocycles. The lowest BCUT2D eigenvalue weighted by Crippen LogP contribution is -2.21. The molecule has 0 atom stereocenters. The highest BCUT2D eigenvalue weighted by Crippen LogP contribution is 2.33. The maximum absolute atomic E-state index is 11.4. The van der Waals surface area contributed by atoms with Gasteiger partial charge >= 0.3 is 0 Å². The molecule has 2 rings (SSSR count). The summed E-state index contributed by atoms with van der Waals surface area (Å²) in [5, 5.41) is 15.0. The van der Waals surface area contributed by atoms with Crippen LogP contribution in [0.1, 0.15) is 5.56 Å². The van der Waals surface area contributed by atoms with Crippen molar-refractivity contribution < 1.29 is 9.90 Å². The van der Waals surface area contributed by atoms with E-state index in [1.165, 1.54) is 18.2 Å². The van der Waals surface area contributed by atoms with Gasteiger partial charge in [0.25, 0.3) is 5.91 Å². The number of hydrogen-bond donors (Lipinski definition) is 3. The maximum Gasteiger partial charge on any atom is 0.273 e. The van der Waals surface area contributed by atoms with E-state index in [0.717, 1.165) is 0 Å². The number of phenolic OH excluding ortho intramolecular Hbond substituents is 1. The maximum atomic E-state index is 11.4. The molecule has 88 valence electrons.